The largest absolute Gasteiger partial charge is 0.484 e. The van der Waals surface area contributed by atoms with Gasteiger partial charge in [-0.1, -0.05) is 32.9 Å². The number of nitrogens with two attached hydrogens (primary N) is 1. The first-order valence-corrected chi connectivity index (χ1v) is 9.47. The number of aryl methyl sites for hydroxylation is 1. The third-order valence-corrected chi connectivity index (χ3v) is 4.80. The van der Waals surface area contributed by atoms with Crippen LogP contribution < -0.4 is 15.8 Å². The van der Waals surface area contributed by atoms with Crippen LogP contribution in [0.2, 0.25) is 0 Å². The van der Waals surface area contributed by atoms with Crippen molar-refractivity contribution in [3.63, 3.8) is 0 Å². The zero-order valence-corrected chi connectivity index (χ0v) is 17.1. The lowest BCUT2D eigenvalue weighted by atomic mass is 9.96. The number of ether oxygens (including phenoxy) is 2. The SMILES string of the molecule is Cc1cc(NC(=O)C(C)(C)C)sc1C(=O)OCc1cccc(OCC(N)=O)c1. The summed E-state index contributed by atoms with van der Waals surface area (Å²) in [5.74, 6) is -0.699. The summed E-state index contributed by atoms with van der Waals surface area (Å²) >= 11 is 1.18. The van der Waals surface area contributed by atoms with Crippen molar-refractivity contribution in [2.45, 2.75) is 34.3 Å². The van der Waals surface area contributed by atoms with E-state index >= 15 is 0 Å². The minimum Gasteiger partial charge on any atom is -0.484 e. The van der Waals surface area contributed by atoms with Gasteiger partial charge in [-0.25, -0.2) is 4.79 Å². The first-order valence-electron chi connectivity index (χ1n) is 8.65. The van der Waals surface area contributed by atoms with Gasteiger partial charge in [0.15, 0.2) is 6.61 Å². The predicted octanol–water partition coefficient (Wildman–Crippen LogP) is 3.26. The highest BCUT2D eigenvalue weighted by molar-refractivity contribution is 7.18. The summed E-state index contributed by atoms with van der Waals surface area (Å²) in [4.78, 5) is 35.7. The molecule has 8 heteroatoms. The Morgan fingerprint density at radius 3 is 2.54 bits per heavy atom. The number of rotatable bonds is 7. The topological polar surface area (TPSA) is 108 Å². The predicted molar refractivity (Wildman–Crippen MR) is 107 cm³/mol. The highest BCUT2D eigenvalue weighted by Crippen LogP contribution is 2.29. The molecule has 0 bridgehead atoms. The Morgan fingerprint density at radius 2 is 1.89 bits per heavy atom. The van der Waals surface area contributed by atoms with Crippen molar-refractivity contribution >= 4 is 34.1 Å². The minimum absolute atomic E-state index is 0.0492. The van der Waals surface area contributed by atoms with Crippen LogP contribution >= 0.6 is 11.3 Å². The number of amides is 2. The number of nitrogens with one attached hydrogen (secondary N) is 1. The van der Waals surface area contributed by atoms with E-state index in [1.807, 2.05) is 20.8 Å². The highest BCUT2D eigenvalue weighted by atomic mass is 32.1. The zero-order valence-electron chi connectivity index (χ0n) is 16.3. The van der Waals surface area contributed by atoms with Crippen LogP contribution in [0.15, 0.2) is 30.3 Å². The first-order chi connectivity index (χ1) is 13.1. The molecule has 7 nitrogen and oxygen atoms in total. The van der Waals surface area contributed by atoms with E-state index in [0.29, 0.717) is 21.2 Å². The average Bonchev–Trinajstić information content (AvgIpc) is 2.97. The number of carbonyl (C=O) groups excluding carboxylic acids is 3. The van der Waals surface area contributed by atoms with Gasteiger partial charge in [-0.15, -0.1) is 11.3 Å². The molecule has 0 unspecified atom stereocenters. The van der Waals surface area contributed by atoms with E-state index in [-0.39, 0.29) is 19.1 Å². The fraction of sp³-hybridized carbons (Fsp3) is 0.350. The monoisotopic (exact) mass is 404 g/mol. The van der Waals surface area contributed by atoms with E-state index in [2.05, 4.69) is 5.32 Å². The van der Waals surface area contributed by atoms with Gasteiger partial charge in [-0.05, 0) is 36.2 Å². The van der Waals surface area contributed by atoms with Crippen molar-refractivity contribution in [2.24, 2.45) is 11.1 Å². The van der Waals surface area contributed by atoms with Crippen molar-refractivity contribution in [1.82, 2.24) is 0 Å². The molecular weight excluding hydrogens is 380 g/mol. The molecule has 0 spiro atoms. The molecule has 3 N–H and O–H groups in total. The molecule has 1 aromatic heterocycles. The number of hydrogen-bond acceptors (Lipinski definition) is 6. The number of esters is 1. The molecule has 2 amide bonds. The van der Waals surface area contributed by atoms with Gasteiger partial charge < -0.3 is 20.5 Å². The Bertz CT molecular complexity index is 883. The lowest BCUT2D eigenvalue weighted by Gasteiger charge is -2.16. The average molecular weight is 404 g/mol. The van der Waals surface area contributed by atoms with E-state index in [0.717, 1.165) is 5.56 Å². The molecule has 0 radical (unpaired) electrons. The summed E-state index contributed by atoms with van der Waals surface area (Å²) in [7, 11) is 0. The lowest BCUT2D eigenvalue weighted by Crippen LogP contribution is -2.27. The third kappa shape index (κ3) is 6.09. The molecule has 2 rings (SSSR count). The van der Waals surface area contributed by atoms with Crippen molar-refractivity contribution in [3.05, 3.63) is 46.3 Å². The number of benzene rings is 1. The van der Waals surface area contributed by atoms with Crippen molar-refractivity contribution in [2.75, 3.05) is 11.9 Å². The van der Waals surface area contributed by atoms with Gasteiger partial charge in [-0.2, -0.15) is 0 Å². The molecule has 1 aromatic carbocycles. The maximum absolute atomic E-state index is 12.4. The van der Waals surface area contributed by atoms with Crippen LogP contribution in [-0.2, 0) is 20.9 Å². The van der Waals surface area contributed by atoms with E-state index in [1.165, 1.54) is 11.3 Å². The van der Waals surface area contributed by atoms with E-state index in [4.69, 9.17) is 15.2 Å². The fourth-order valence-corrected chi connectivity index (χ4v) is 3.10. The van der Waals surface area contributed by atoms with Crippen LogP contribution in [0, 0.1) is 12.3 Å². The van der Waals surface area contributed by atoms with Crippen molar-refractivity contribution in [1.29, 1.82) is 0 Å². The second-order valence-electron chi connectivity index (χ2n) is 7.31. The van der Waals surface area contributed by atoms with E-state index in [1.54, 1.807) is 37.3 Å². The number of carbonyl (C=O) groups is 3. The molecule has 28 heavy (non-hydrogen) atoms. The minimum atomic E-state index is -0.570. The molecule has 0 aliphatic rings. The lowest BCUT2D eigenvalue weighted by molar-refractivity contribution is -0.123. The normalized spacial score (nSPS) is 11.0. The molecule has 0 saturated carbocycles. The standard InChI is InChI=1S/C20H24N2O5S/c1-12-8-16(22-19(25)20(2,3)4)28-17(12)18(24)27-10-13-6-5-7-14(9-13)26-11-15(21)23/h5-9H,10-11H2,1-4H3,(H2,21,23)(H,22,25). The Balaban J connectivity index is 1.99. The quantitative estimate of drug-likeness (QED) is 0.689. The highest BCUT2D eigenvalue weighted by Gasteiger charge is 2.23. The van der Waals surface area contributed by atoms with Gasteiger partial charge in [0.05, 0.1) is 5.00 Å². The Hall–Kier alpha value is -2.87. The molecular formula is C20H24N2O5S. The second-order valence-corrected chi connectivity index (χ2v) is 8.36. The third-order valence-electron chi connectivity index (χ3n) is 3.67. The summed E-state index contributed by atoms with van der Waals surface area (Å²) in [6, 6.07) is 8.62. The van der Waals surface area contributed by atoms with Crippen LogP contribution in [0.25, 0.3) is 0 Å². The van der Waals surface area contributed by atoms with Crippen LogP contribution in [-0.4, -0.2) is 24.4 Å². The molecule has 0 atom stereocenters. The maximum Gasteiger partial charge on any atom is 0.348 e. The maximum atomic E-state index is 12.4. The second kappa shape index (κ2) is 8.88. The number of thiophene rings is 1. The van der Waals surface area contributed by atoms with Crippen molar-refractivity contribution < 1.29 is 23.9 Å². The van der Waals surface area contributed by atoms with Crippen molar-refractivity contribution in [3.8, 4) is 5.75 Å². The smallest absolute Gasteiger partial charge is 0.348 e. The van der Waals surface area contributed by atoms with Gasteiger partial charge in [0.25, 0.3) is 5.91 Å². The van der Waals surface area contributed by atoms with E-state index < -0.39 is 17.3 Å². The first kappa shape index (κ1) is 21.4. The molecule has 0 aliphatic heterocycles. The molecule has 150 valence electrons. The van der Waals surface area contributed by atoms with Crippen LogP contribution in [0.1, 0.15) is 41.6 Å². The molecule has 2 aromatic rings. The molecule has 0 saturated heterocycles. The molecule has 0 fully saturated rings. The number of primary amides is 1. The summed E-state index contributed by atoms with van der Waals surface area (Å²) in [5, 5.41) is 3.42. The zero-order chi connectivity index (χ0) is 20.9. The fourth-order valence-electron chi connectivity index (χ4n) is 2.14. The summed E-state index contributed by atoms with van der Waals surface area (Å²) < 4.78 is 10.6. The van der Waals surface area contributed by atoms with Crippen LogP contribution in [0.3, 0.4) is 0 Å². The molecule has 0 aliphatic carbocycles. The van der Waals surface area contributed by atoms with Gasteiger partial charge in [-0.3, -0.25) is 9.59 Å². The molecule has 1 heterocycles. The Morgan fingerprint density at radius 1 is 1.18 bits per heavy atom. The number of anilines is 1. The summed E-state index contributed by atoms with van der Waals surface area (Å²) in [6.07, 6.45) is 0. The summed E-state index contributed by atoms with van der Waals surface area (Å²) in [5.41, 5.74) is 5.97. The van der Waals surface area contributed by atoms with Gasteiger partial charge in [0, 0.05) is 5.41 Å². The van der Waals surface area contributed by atoms with Gasteiger partial charge in [0.2, 0.25) is 5.91 Å². The van der Waals surface area contributed by atoms with Gasteiger partial charge in [0.1, 0.15) is 17.2 Å². The Labute approximate surface area is 167 Å². The Kier molecular flexibility index (Phi) is 6.80. The summed E-state index contributed by atoms with van der Waals surface area (Å²) in [6.45, 7) is 7.07. The van der Waals surface area contributed by atoms with E-state index in [9.17, 15) is 14.4 Å². The van der Waals surface area contributed by atoms with Crippen LogP contribution in [0.4, 0.5) is 5.00 Å². The number of hydrogen-bond donors (Lipinski definition) is 2. The van der Waals surface area contributed by atoms with Gasteiger partial charge >= 0.3 is 5.97 Å². The van der Waals surface area contributed by atoms with Crippen LogP contribution in [0.5, 0.6) is 5.75 Å².